The van der Waals surface area contributed by atoms with Gasteiger partial charge in [0.05, 0.1) is 28.7 Å². The summed E-state index contributed by atoms with van der Waals surface area (Å²) in [4.78, 5) is 28.4. The second-order valence-electron chi connectivity index (χ2n) is 7.89. The molecule has 0 unspecified atom stereocenters. The van der Waals surface area contributed by atoms with Gasteiger partial charge in [-0.3, -0.25) is 9.59 Å². The number of carbonyl (C=O) groups excluding carboxylic acids is 2. The fourth-order valence-electron chi connectivity index (χ4n) is 3.88. The van der Waals surface area contributed by atoms with Crippen molar-refractivity contribution in [3.63, 3.8) is 0 Å². The van der Waals surface area contributed by atoms with Crippen molar-refractivity contribution in [1.29, 1.82) is 0 Å². The highest BCUT2D eigenvalue weighted by Crippen LogP contribution is 2.29. The molecule has 1 N–H and O–H groups in total. The van der Waals surface area contributed by atoms with Crippen molar-refractivity contribution in [3.8, 4) is 5.69 Å². The molecule has 2 heterocycles. The number of aromatic nitrogens is 2. The van der Waals surface area contributed by atoms with Crippen LogP contribution in [0.2, 0.25) is 0 Å². The number of carbonyl (C=O) groups is 2. The van der Waals surface area contributed by atoms with E-state index in [1.807, 2.05) is 80.2 Å². The maximum Gasteiger partial charge on any atom is 0.229 e. The van der Waals surface area contributed by atoms with Crippen LogP contribution in [0, 0.1) is 26.7 Å². The number of nitrogens with zero attached hydrogens (tertiary/aromatic N) is 3. The molecule has 0 radical (unpaired) electrons. The monoisotopic (exact) mass is 434 g/mol. The van der Waals surface area contributed by atoms with Crippen molar-refractivity contribution < 1.29 is 9.59 Å². The van der Waals surface area contributed by atoms with Gasteiger partial charge in [0.2, 0.25) is 11.8 Å². The van der Waals surface area contributed by atoms with Crippen LogP contribution >= 0.6 is 11.8 Å². The van der Waals surface area contributed by atoms with E-state index < -0.39 is 5.92 Å². The van der Waals surface area contributed by atoms with Gasteiger partial charge < -0.3 is 10.2 Å². The summed E-state index contributed by atoms with van der Waals surface area (Å²) >= 11 is 1.66. The first kappa shape index (κ1) is 21.2. The maximum absolute atomic E-state index is 13.0. The molecule has 3 aromatic rings. The zero-order valence-corrected chi connectivity index (χ0v) is 19.0. The fraction of sp³-hybridized carbons (Fsp3) is 0.292. The third kappa shape index (κ3) is 4.23. The molecule has 1 aliphatic rings. The van der Waals surface area contributed by atoms with Gasteiger partial charge in [-0.15, -0.1) is 11.8 Å². The number of amides is 2. The minimum atomic E-state index is -0.394. The molecular weight excluding hydrogens is 408 g/mol. The number of rotatable bonds is 5. The topological polar surface area (TPSA) is 67.2 Å². The quantitative estimate of drug-likeness (QED) is 0.600. The van der Waals surface area contributed by atoms with E-state index in [0.717, 1.165) is 27.7 Å². The van der Waals surface area contributed by atoms with E-state index in [-0.39, 0.29) is 18.2 Å². The average Bonchev–Trinajstić information content (AvgIpc) is 3.29. The number of aryl methyl sites for hydroxylation is 2. The highest BCUT2D eigenvalue weighted by molar-refractivity contribution is 7.98. The lowest BCUT2D eigenvalue weighted by molar-refractivity contribution is -0.122. The molecule has 2 amide bonds. The lowest BCUT2D eigenvalue weighted by Gasteiger charge is -2.17. The molecule has 160 valence electrons. The van der Waals surface area contributed by atoms with Gasteiger partial charge in [-0.2, -0.15) is 5.10 Å². The Labute approximate surface area is 186 Å². The molecule has 1 atom stereocenters. The minimum absolute atomic E-state index is 0.0270. The molecule has 1 fully saturated rings. The Morgan fingerprint density at radius 2 is 1.68 bits per heavy atom. The van der Waals surface area contributed by atoms with Gasteiger partial charge in [0.25, 0.3) is 0 Å². The number of nitrogens with one attached hydrogen (secondary N) is 1. The lowest BCUT2D eigenvalue weighted by atomic mass is 10.1. The van der Waals surface area contributed by atoms with Gasteiger partial charge >= 0.3 is 0 Å². The second-order valence-corrected chi connectivity index (χ2v) is 8.77. The molecule has 0 bridgehead atoms. The first-order valence-corrected chi connectivity index (χ1v) is 11.5. The van der Waals surface area contributed by atoms with Crippen LogP contribution in [0.5, 0.6) is 0 Å². The summed E-state index contributed by atoms with van der Waals surface area (Å²) in [5.41, 5.74) is 5.28. The summed E-state index contributed by atoms with van der Waals surface area (Å²) in [5, 5.41) is 7.63. The van der Waals surface area contributed by atoms with Crippen LogP contribution in [0.15, 0.2) is 53.4 Å². The molecule has 2 aromatic carbocycles. The number of anilines is 2. The Kier molecular flexibility index (Phi) is 5.87. The number of benzene rings is 2. The van der Waals surface area contributed by atoms with E-state index in [0.29, 0.717) is 12.2 Å². The van der Waals surface area contributed by atoms with Crippen LogP contribution in [0.4, 0.5) is 11.4 Å². The van der Waals surface area contributed by atoms with Crippen LogP contribution < -0.4 is 10.2 Å². The van der Waals surface area contributed by atoms with E-state index in [1.54, 1.807) is 16.7 Å². The first-order chi connectivity index (χ1) is 14.9. The standard InChI is InChI=1S/C24H26N4O2S/c1-15-5-7-20(8-6-15)28-17(3)23(16(2)26-28)25-24(30)18-13-22(29)27(14-18)19-9-11-21(31-4)12-10-19/h5-12,18H,13-14H2,1-4H3,(H,25,30)/t18-/m1/s1. The molecule has 1 aromatic heterocycles. The highest BCUT2D eigenvalue weighted by Gasteiger charge is 2.35. The van der Waals surface area contributed by atoms with E-state index in [1.165, 1.54) is 5.56 Å². The molecule has 1 aliphatic heterocycles. The van der Waals surface area contributed by atoms with Crippen LogP contribution in [-0.2, 0) is 9.59 Å². The van der Waals surface area contributed by atoms with Crippen LogP contribution in [-0.4, -0.2) is 34.4 Å². The lowest BCUT2D eigenvalue weighted by Crippen LogP contribution is -2.28. The van der Waals surface area contributed by atoms with Crippen molar-refractivity contribution in [2.75, 3.05) is 23.0 Å². The minimum Gasteiger partial charge on any atom is -0.323 e. The molecule has 4 rings (SSSR count). The van der Waals surface area contributed by atoms with Crippen molar-refractivity contribution in [3.05, 3.63) is 65.5 Å². The van der Waals surface area contributed by atoms with Gasteiger partial charge in [-0.1, -0.05) is 17.7 Å². The van der Waals surface area contributed by atoms with Gasteiger partial charge in [0.1, 0.15) is 0 Å². The Bertz CT molecular complexity index is 1120. The predicted molar refractivity (Wildman–Crippen MR) is 125 cm³/mol. The van der Waals surface area contributed by atoms with Crippen molar-refractivity contribution in [2.24, 2.45) is 5.92 Å². The Morgan fingerprint density at radius 1 is 1.03 bits per heavy atom. The average molecular weight is 435 g/mol. The van der Waals surface area contributed by atoms with E-state index in [4.69, 9.17) is 0 Å². The molecule has 7 heteroatoms. The summed E-state index contributed by atoms with van der Waals surface area (Å²) < 4.78 is 1.84. The second kappa shape index (κ2) is 8.59. The zero-order valence-electron chi connectivity index (χ0n) is 18.2. The number of hydrogen-bond donors (Lipinski definition) is 1. The zero-order chi connectivity index (χ0) is 22.1. The maximum atomic E-state index is 13.0. The third-order valence-electron chi connectivity index (χ3n) is 5.70. The van der Waals surface area contributed by atoms with Gasteiger partial charge in [0.15, 0.2) is 0 Å². The van der Waals surface area contributed by atoms with Crippen LogP contribution in [0.1, 0.15) is 23.4 Å². The van der Waals surface area contributed by atoms with E-state index in [9.17, 15) is 9.59 Å². The van der Waals surface area contributed by atoms with E-state index >= 15 is 0 Å². The molecule has 0 saturated carbocycles. The first-order valence-electron chi connectivity index (χ1n) is 10.3. The Balaban J connectivity index is 1.49. The normalized spacial score (nSPS) is 16.1. The fourth-order valence-corrected chi connectivity index (χ4v) is 4.29. The van der Waals surface area contributed by atoms with E-state index in [2.05, 4.69) is 10.4 Å². The van der Waals surface area contributed by atoms with Gasteiger partial charge in [0, 0.05) is 23.5 Å². The largest absolute Gasteiger partial charge is 0.323 e. The van der Waals surface area contributed by atoms with Crippen molar-refractivity contribution in [1.82, 2.24) is 9.78 Å². The van der Waals surface area contributed by atoms with Crippen LogP contribution in [0.3, 0.4) is 0 Å². The summed E-state index contributed by atoms with van der Waals surface area (Å²) in [7, 11) is 0. The van der Waals surface area contributed by atoms with Gasteiger partial charge in [-0.05, 0) is 63.4 Å². The Hall–Kier alpha value is -3.06. The Morgan fingerprint density at radius 3 is 2.32 bits per heavy atom. The molecule has 6 nitrogen and oxygen atoms in total. The number of hydrogen-bond acceptors (Lipinski definition) is 4. The van der Waals surface area contributed by atoms with Gasteiger partial charge in [-0.25, -0.2) is 4.68 Å². The van der Waals surface area contributed by atoms with Crippen LogP contribution in [0.25, 0.3) is 5.69 Å². The molecule has 31 heavy (non-hydrogen) atoms. The summed E-state index contributed by atoms with van der Waals surface area (Å²) in [5.74, 6) is -0.568. The van der Waals surface area contributed by atoms with Crippen molar-refractivity contribution in [2.45, 2.75) is 32.1 Å². The summed E-state index contributed by atoms with van der Waals surface area (Å²) in [6.07, 6.45) is 2.22. The summed E-state index contributed by atoms with van der Waals surface area (Å²) in [6.45, 7) is 6.25. The number of thioether (sulfide) groups is 1. The summed E-state index contributed by atoms with van der Waals surface area (Å²) in [6, 6.07) is 15.9. The predicted octanol–water partition coefficient (Wildman–Crippen LogP) is 4.51. The third-order valence-corrected chi connectivity index (χ3v) is 6.44. The molecular formula is C24H26N4O2S. The highest BCUT2D eigenvalue weighted by atomic mass is 32.2. The smallest absolute Gasteiger partial charge is 0.229 e. The molecule has 0 aliphatic carbocycles. The molecule has 0 spiro atoms. The van der Waals surface area contributed by atoms with Crippen molar-refractivity contribution >= 4 is 35.0 Å². The molecule has 1 saturated heterocycles. The SMILES string of the molecule is CSc1ccc(N2C[C@H](C(=O)Nc3c(C)nn(-c4ccc(C)cc4)c3C)CC2=O)cc1.